The van der Waals surface area contributed by atoms with Crippen LogP contribution in [0.2, 0.25) is 0 Å². The Morgan fingerprint density at radius 1 is 1.12 bits per heavy atom. The first-order chi connectivity index (χ1) is 7.86. The van der Waals surface area contributed by atoms with Gasteiger partial charge in [-0.05, 0) is 38.3 Å². The topological polar surface area (TPSA) is 41.1 Å². The summed E-state index contributed by atoms with van der Waals surface area (Å²) in [4.78, 5) is 12.0. The van der Waals surface area contributed by atoms with E-state index in [0.29, 0.717) is 17.7 Å². The fourth-order valence-corrected chi connectivity index (χ4v) is 2.82. The summed E-state index contributed by atoms with van der Waals surface area (Å²) in [5.74, 6) is 1.28. The number of halogens is 1. The summed E-state index contributed by atoms with van der Waals surface area (Å²) in [5, 5.41) is 6.48. The second-order valence-corrected chi connectivity index (χ2v) is 5.29. The maximum absolute atomic E-state index is 12.0. The number of nitrogens with one attached hydrogen (secondary N) is 2. The van der Waals surface area contributed by atoms with Gasteiger partial charge in [0, 0.05) is 12.5 Å². The molecule has 0 bridgehead atoms. The van der Waals surface area contributed by atoms with Crippen LogP contribution in [-0.2, 0) is 4.79 Å². The third kappa shape index (κ3) is 4.84. The van der Waals surface area contributed by atoms with E-state index in [1.165, 1.54) is 32.1 Å². The second-order valence-electron chi connectivity index (χ2n) is 5.29. The zero-order chi connectivity index (χ0) is 11.2. The maximum Gasteiger partial charge on any atom is 0.223 e. The molecule has 2 N–H and O–H groups in total. The van der Waals surface area contributed by atoms with E-state index in [0.717, 1.165) is 32.5 Å². The SMILES string of the molecule is Cl.O=C(NCC1CCNC1)C1CCCCCC1. The number of hydrogen-bond acceptors (Lipinski definition) is 2. The number of carbonyl (C=O) groups is 1. The van der Waals surface area contributed by atoms with Crippen molar-refractivity contribution < 1.29 is 4.79 Å². The Bertz CT molecular complexity index is 221. The summed E-state index contributed by atoms with van der Waals surface area (Å²) >= 11 is 0. The molecule has 0 radical (unpaired) electrons. The lowest BCUT2D eigenvalue weighted by atomic mass is 9.99. The van der Waals surface area contributed by atoms with Gasteiger partial charge in [-0.15, -0.1) is 12.4 Å². The predicted octanol–water partition coefficient (Wildman–Crippen LogP) is 2.10. The number of rotatable bonds is 3. The van der Waals surface area contributed by atoms with E-state index in [1.54, 1.807) is 0 Å². The van der Waals surface area contributed by atoms with E-state index in [2.05, 4.69) is 10.6 Å². The normalized spacial score (nSPS) is 26.0. The Balaban J connectivity index is 0.00000144. The average Bonchev–Trinajstić information content (AvgIpc) is 2.66. The molecule has 2 fully saturated rings. The van der Waals surface area contributed by atoms with Crippen LogP contribution in [0.5, 0.6) is 0 Å². The van der Waals surface area contributed by atoms with Gasteiger partial charge in [-0.25, -0.2) is 0 Å². The van der Waals surface area contributed by atoms with Crippen LogP contribution in [0.1, 0.15) is 44.9 Å². The van der Waals surface area contributed by atoms with E-state index in [1.807, 2.05) is 0 Å². The highest BCUT2D eigenvalue weighted by Gasteiger charge is 2.21. The van der Waals surface area contributed by atoms with Crippen molar-refractivity contribution in [2.45, 2.75) is 44.9 Å². The summed E-state index contributed by atoms with van der Waals surface area (Å²) in [6.45, 7) is 3.07. The molecule has 1 saturated carbocycles. The van der Waals surface area contributed by atoms with Crippen LogP contribution in [-0.4, -0.2) is 25.5 Å². The van der Waals surface area contributed by atoms with E-state index in [4.69, 9.17) is 0 Å². The molecule has 0 aromatic rings. The zero-order valence-electron chi connectivity index (χ0n) is 10.5. The van der Waals surface area contributed by atoms with Gasteiger partial charge < -0.3 is 10.6 Å². The van der Waals surface area contributed by atoms with Crippen LogP contribution in [0.4, 0.5) is 0 Å². The molecular weight excluding hydrogens is 236 g/mol. The van der Waals surface area contributed by atoms with Gasteiger partial charge in [0.1, 0.15) is 0 Å². The van der Waals surface area contributed by atoms with Gasteiger partial charge in [-0.1, -0.05) is 25.7 Å². The molecule has 1 atom stereocenters. The molecule has 0 aromatic carbocycles. The van der Waals surface area contributed by atoms with Crippen LogP contribution in [0.25, 0.3) is 0 Å². The molecule has 17 heavy (non-hydrogen) atoms. The van der Waals surface area contributed by atoms with Crippen molar-refractivity contribution in [2.75, 3.05) is 19.6 Å². The van der Waals surface area contributed by atoms with Crippen LogP contribution < -0.4 is 10.6 Å². The van der Waals surface area contributed by atoms with Gasteiger partial charge in [0.05, 0.1) is 0 Å². The van der Waals surface area contributed by atoms with Gasteiger partial charge in [0.15, 0.2) is 0 Å². The van der Waals surface area contributed by atoms with E-state index in [-0.39, 0.29) is 12.4 Å². The summed E-state index contributed by atoms with van der Waals surface area (Å²) in [6, 6.07) is 0. The molecule has 0 aromatic heterocycles. The Labute approximate surface area is 111 Å². The van der Waals surface area contributed by atoms with Crippen LogP contribution in [0.15, 0.2) is 0 Å². The van der Waals surface area contributed by atoms with E-state index in [9.17, 15) is 4.79 Å². The third-order valence-electron chi connectivity index (χ3n) is 3.95. The van der Waals surface area contributed by atoms with Crippen molar-refractivity contribution in [3.63, 3.8) is 0 Å². The van der Waals surface area contributed by atoms with Crippen molar-refractivity contribution >= 4 is 18.3 Å². The molecule has 2 aliphatic rings. The fourth-order valence-electron chi connectivity index (χ4n) is 2.82. The lowest BCUT2D eigenvalue weighted by molar-refractivity contribution is -0.125. The van der Waals surface area contributed by atoms with Crippen LogP contribution in [0.3, 0.4) is 0 Å². The highest BCUT2D eigenvalue weighted by molar-refractivity contribution is 5.85. The number of hydrogen-bond donors (Lipinski definition) is 2. The molecule has 1 amide bonds. The Hall–Kier alpha value is -0.280. The molecule has 1 aliphatic heterocycles. The van der Waals surface area contributed by atoms with Crippen molar-refractivity contribution in [3.05, 3.63) is 0 Å². The van der Waals surface area contributed by atoms with Crippen molar-refractivity contribution in [1.82, 2.24) is 10.6 Å². The summed E-state index contributed by atoms with van der Waals surface area (Å²) in [5.41, 5.74) is 0. The van der Waals surface area contributed by atoms with Crippen molar-refractivity contribution in [2.24, 2.45) is 11.8 Å². The first-order valence-corrected chi connectivity index (χ1v) is 6.84. The molecule has 3 nitrogen and oxygen atoms in total. The van der Waals surface area contributed by atoms with Gasteiger partial charge in [-0.3, -0.25) is 4.79 Å². The zero-order valence-corrected chi connectivity index (χ0v) is 11.4. The molecule has 100 valence electrons. The molecule has 1 unspecified atom stereocenters. The molecule has 1 aliphatic carbocycles. The lowest BCUT2D eigenvalue weighted by Gasteiger charge is -2.16. The van der Waals surface area contributed by atoms with Crippen LogP contribution >= 0.6 is 12.4 Å². The van der Waals surface area contributed by atoms with Gasteiger partial charge in [-0.2, -0.15) is 0 Å². The van der Waals surface area contributed by atoms with Crippen molar-refractivity contribution in [1.29, 1.82) is 0 Å². The average molecular weight is 261 g/mol. The maximum atomic E-state index is 12.0. The molecule has 0 spiro atoms. The number of amides is 1. The first-order valence-electron chi connectivity index (χ1n) is 6.84. The fraction of sp³-hybridized carbons (Fsp3) is 0.923. The molecule has 2 rings (SSSR count). The summed E-state index contributed by atoms with van der Waals surface area (Å²) in [6.07, 6.45) is 8.53. The minimum absolute atomic E-state index is 0. The third-order valence-corrected chi connectivity index (χ3v) is 3.95. The highest BCUT2D eigenvalue weighted by atomic mass is 35.5. The predicted molar refractivity (Wildman–Crippen MR) is 72.4 cm³/mol. The van der Waals surface area contributed by atoms with E-state index >= 15 is 0 Å². The highest BCUT2D eigenvalue weighted by Crippen LogP contribution is 2.22. The quantitative estimate of drug-likeness (QED) is 0.763. The molecular formula is C13H25ClN2O. The van der Waals surface area contributed by atoms with Gasteiger partial charge >= 0.3 is 0 Å². The molecule has 1 heterocycles. The molecule has 1 saturated heterocycles. The largest absolute Gasteiger partial charge is 0.356 e. The molecule has 4 heteroatoms. The van der Waals surface area contributed by atoms with Crippen LogP contribution in [0, 0.1) is 11.8 Å². The van der Waals surface area contributed by atoms with Gasteiger partial charge in [0.25, 0.3) is 0 Å². The summed E-state index contributed by atoms with van der Waals surface area (Å²) in [7, 11) is 0. The van der Waals surface area contributed by atoms with Crippen molar-refractivity contribution in [3.8, 4) is 0 Å². The Morgan fingerprint density at radius 3 is 2.41 bits per heavy atom. The smallest absolute Gasteiger partial charge is 0.223 e. The second kappa shape index (κ2) is 7.93. The lowest BCUT2D eigenvalue weighted by Crippen LogP contribution is -2.34. The Kier molecular flexibility index (Phi) is 6.90. The standard InChI is InChI=1S/C13H24N2O.ClH/c16-13(12-5-3-1-2-4-6-12)15-10-11-7-8-14-9-11;/h11-12,14H,1-10H2,(H,15,16);1H. The number of carbonyl (C=O) groups excluding carboxylic acids is 1. The minimum Gasteiger partial charge on any atom is -0.356 e. The Morgan fingerprint density at radius 2 is 1.82 bits per heavy atom. The monoisotopic (exact) mass is 260 g/mol. The summed E-state index contributed by atoms with van der Waals surface area (Å²) < 4.78 is 0. The van der Waals surface area contributed by atoms with Gasteiger partial charge in [0.2, 0.25) is 5.91 Å². The first kappa shape index (κ1) is 14.8. The minimum atomic E-state index is 0. The van der Waals surface area contributed by atoms with E-state index < -0.39 is 0 Å².